The van der Waals surface area contributed by atoms with E-state index in [-0.39, 0.29) is 11.9 Å². The third kappa shape index (κ3) is 3.12. The Labute approximate surface area is 166 Å². The summed E-state index contributed by atoms with van der Waals surface area (Å²) in [5.74, 6) is 1.66. The van der Waals surface area contributed by atoms with Gasteiger partial charge in [-0.05, 0) is 53.9 Å². The number of likely N-dealkylation sites (tertiary alicyclic amines) is 1. The van der Waals surface area contributed by atoms with Gasteiger partial charge in [-0.1, -0.05) is 12.1 Å². The fourth-order valence-corrected chi connectivity index (χ4v) is 4.93. The molecule has 1 aliphatic heterocycles. The molecule has 1 aromatic carbocycles. The van der Waals surface area contributed by atoms with Crippen molar-refractivity contribution in [2.45, 2.75) is 25.5 Å². The second kappa shape index (κ2) is 7.10. The molecule has 3 atom stereocenters. The summed E-state index contributed by atoms with van der Waals surface area (Å²) < 4.78 is 9.95. The molecule has 5 rings (SSSR count). The van der Waals surface area contributed by atoms with Crippen LogP contribution in [0.4, 0.5) is 0 Å². The van der Waals surface area contributed by atoms with Crippen molar-refractivity contribution in [3.05, 3.63) is 47.9 Å². The highest BCUT2D eigenvalue weighted by molar-refractivity contribution is 7.12. The summed E-state index contributed by atoms with van der Waals surface area (Å²) in [5, 5.41) is 0.817. The standard InChI is InChI=1S/C20H21N5O2S/c21-17-6-5-14-8-25(9-16(14)17)20(26)13-3-1-12(2-4-13)10-27-18-15-7-24-28-19(15)23-11-22-18/h1-4,7,11,14,16-17H,5-6,8-10,21H2. The van der Waals surface area contributed by atoms with Gasteiger partial charge in [0, 0.05) is 24.7 Å². The zero-order valence-corrected chi connectivity index (χ0v) is 16.1. The monoisotopic (exact) mass is 395 g/mol. The van der Waals surface area contributed by atoms with Crippen molar-refractivity contribution in [1.82, 2.24) is 19.2 Å². The molecule has 8 heteroatoms. The number of nitrogens with two attached hydrogens (primary N) is 1. The summed E-state index contributed by atoms with van der Waals surface area (Å²) in [4.78, 5) is 23.9. The molecule has 3 heterocycles. The second-order valence-electron chi connectivity index (χ2n) is 7.58. The molecule has 0 radical (unpaired) electrons. The number of hydrogen-bond acceptors (Lipinski definition) is 7. The van der Waals surface area contributed by atoms with Crippen molar-refractivity contribution < 1.29 is 9.53 Å². The number of amides is 1. The number of rotatable bonds is 4. The first kappa shape index (κ1) is 17.5. The molecule has 1 saturated heterocycles. The van der Waals surface area contributed by atoms with E-state index in [0.717, 1.165) is 41.7 Å². The lowest BCUT2D eigenvalue weighted by Crippen LogP contribution is -2.33. The maximum atomic E-state index is 12.8. The number of hydrogen-bond donors (Lipinski definition) is 1. The van der Waals surface area contributed by atoms with Crippen molar-refractivity contribution in [2.24, 2.45) is 17.6 Å². The molecular weight excluding hydrogens is 374 g/mol. The van der Waals surface area contributed by atoms with Gasteiger partial charge >= 0.3 is 0 Å². The SMILES string of the molecule is NC1CCC2CN(C(=O)c3ccc(COc4ncnc5sncc45)cc3)CC12. The Kier molecular flexibility index (Phi) is 4.44. The molecular formula is C20H21N5O2S. The third-order valence-corrected chi connectivity index (χ3v) is 6.62. The molecule has 7 nitrogen and oxygen atoms in total. The highest BCUT2D eigenvalue weighted by Gasteiger charge is 2.42. The average Bonchev–Trinajstić information content (AvgIpc) is 3.44. The topological polar surface area (TPSA) is 94.2 Å². The van der Waals surface area contributed by atoms with Crippen molar-refractivity contribution >= 4 is 27.7 Å². The average molecular weight is 395 g/mol. The van der Waals surface area contributed by atoms with Crippen LogP contribution in [-0.4, -0.2) is 44.3 Å². The maximum absolute atomic E-state index is 12.8. The molecule has 1 amide bonds. The Morgan fingerprint density at radius 3 is 2.89 bits per heavy atom. The molecule has 1 aliphatic carbocycles. The van der Waals surface area contributed by atoms with Gasteiger partial charge in [0.25, 0.3) is 5.91 Å². The van der Waals surface area contributed by atoms with E-state index in [1.54, 1.807) is 6.20 Å². The van der Waals surface area contributed by atoms with E-state index in [9.17, 15) is 4.79 Å². The Balaban J connectivity index is 1.23. The van der Waals surface area contributed by atoms with Crippen LogP contribution in [0.5, 0.6) is 5.88 Å². The minimum Gasteiger partial charge on any atom is -0.472 e. The maximum Gasteiger partial charge on any atom is 0.253 e. The minimum atomic E-state index is 0.0934. The summed E-state index contributed by atoms with van der Waals surface area (Å²) in [6.07, 6.45) is 5.43. The summed E-state index contributed by atoms with van der Waals surface area (Å²) in [6.45, 7) is 1.99. The summed E-state index contributed by atoms with van der Waals surface area (Å²) in [6, 6.07) is 7.85. The zero-order chi connectivity index (χ0) is 19.1. The van der Waals surface area contributed by atoms with E-state index in [0.29, 0.717) is 29.9 Å². The molecule has 28 heavy (non-hydrogen) atoms. The number of aromatic nitrogens is 3. The van der Waals surface area contributed by atoms with Gasteiger partial charge in [0.1, 0.15) is 12.9 Å². The van der Waals surface area contributed by atoms with Crippen LogP contribution in [0.2, 0.25) is 0 Å². The number of carbonyl (C=O) groups excluding carboxylic acids is 1. The van der Waals surface area contributed by atoms with E-state index < -0.39 is 0 Å². The molecule has 2 N–H and O–H groups in total. The number of benzene rings is 1. The van der Waals surface area contributed by atoms with Crippen LogP contribution in [0.15, 0.2) is 36.8 Å². The third-order valence-electron chi connectivity index (χ3n) is 5.91. The van der Waals surface area contributed by atoms with Gasteiger partial charge < -0.3 is 15.4 Å². The van der Waals surface area contributed by atoms with Crippen LogP contribution >= 0.6 is 11.5 Å². The Morgan fingerprint density at radius 2 is 2.07 bits per heavy atom. The fourth-order valence-electron chi connectivity index (χ4n) is 4.34. The lowest BCUT2D eigenvalue weighted by atomic mass is 9.98. The van der Waals surface area contributed by atoms with Crippen LogP contribution < -0.4 is 10.5 Å². The zero-order valence-electron chi connectivity index (χ0n) is 15.3. The molecule has 2 aromatic heterocycles. The quantitative estimate of drug-likeness (QED) is 0.729. The first-order valence-corrected chi connectivity index (χ1v) is 10.3. The van der Waals surface area contributed by atoms with Crippen LogP contribution in [0.25, 0.3) is 10.2 Å². The van der Waals surface area contributed by atoms with Crippen molar-refractivity contribution in [3.8, 4) is 5.88 Å². The number of ether oxygens (including phenoxy) is 1. The van der Waals surface area contributed by atoms with E-state index in [2.05, 4.69) is 14.3 Å². The van der Waals surface area contributed by atoms with E-state index in [4.69, 9.17) is 10.5 Å². The molecule has 0 bridgehead atoms. The largest absolute Gasteiger partial charge is 0.472 e. The van der Waals surface area contributed by atoms with Gasteiger partial charge in [-0.15, -0.1) is 0 Å². The first-order valence-electron chi connectivity index (χ1n) is 9.51. The molecule has 144 valence electrons. The van der Waals surface area contributed by atoms with Crippen LogP contribution in [0.1, 0.15) is 28.8 Å². The molecule has 3 aromatic rings. The van der Waals surface area contributed by atoms with Crippen molar-refractivity contribution in [2.75, 3.05) is 13.1 Å². The van der Waals surface area contributed by atoms with E-state index in [1.807, 2.05) is 29.2 Å². The van der Waals surface area contributed by atoms with E-state index >= 15 is 0 Å². The van der Waals surface area contributed by atoms with Gasteiger partial charge in [-0.2, -0.15) is 4.37 Å². The predicted molar refractivity (Wildman–Crippen MR) is 106 cm³/mol. The van der Waals surface area contributed by atoms with E-state index in [1.165, 1.54) is 17.9 Å². The second-order valence-corrected chi connectivity index (χ2v) is 8.36. The smallest absolute Gasteiger partial charge is 0.253 e. The highest BCUT2D eigenvalue weighted by atomic mass is 32.1. The minimum absolute atomic E-state index is 0.0934. The molecule has 1 saturated carbocycles. The van der Waals surface area contributed by atoms with Gasteiger partial charge in [0.05, 0.1) is 11.6 Å². The first-order chi connectivity index (χ1) is 13.7. The molecule has 3 unspecified atom stereocenters. The summed E-state index contributed by atoms with van der Waals surface area (Å²) in [7, 11) is 0. The molecule has 2 aliphatic rings. The van der Waals surface area contributed by atoms with Gasteiger partial charge in [0.2, 0.25) is 5.88 Å². The lowest BCUT2D eigenvalue weighted by molar-refractivity contribution is 0.0779. The summed E-state index contributed by atoms with van der Waals surface area (Å²) in [5.41, 5.74) is 7.88. The Morgan fingerprint density at radius 1 is 1.21 bits per heavy atom. The van der Waals surface area contributed by atoms with Gasteiger partial charge in [-0.3, -0.25) is 4.79 Å². The molecule has 0 spiro atoms. The number of nitrogens with zero attached hydrogens (tertiary/aromatic N) is 4. The molecule has 2 fully saturated rings. The predicted octanol–water partition coefficient (Wildman–Crippen LogP) is 2.47. The van der Waals surface area contributed by atoms with Crippen LogP contribution in [-0.2, 0) is 6.61 Å². The highest BCUT2D eigenvalue weighted by Crippen LogP contribution is 2.37. The Hall–Kier alpha value is -2.58. The van der Waals surface area contributed by atoms with Crippen LogP contribution in [0, 0.1) is 11.8 Å². The van der Waals surface area contributed by atoms with Crippen molar-refractivity contribution in [1.29, 1.82) is 0 Å². The number of fused-ring (bicyclic) bond motifs is 2. The Bertz CT molecular complexity index is 1010. The van der Waals surface area contributed by atoms with Gasteiger partial charge in [-0.25, -0.2) is 9.97 Å². The van der Waals surface area contributed by atoms with Gasteiger partial charge in [0.15, 0.2) is 4.83 Å². The summed E-state index contributed by atoms with van der Waals surface area (Å²) >= 11 is 1.32. The lowest BCUT2D eigenvalue weighted by Gasteiger charge is -2.19. The van der Waals surface area contributed by atoms with Crippen molar-refractivity contribution in [3.63, 3.8) is 0 Å². The normalized spacial score (nSPS) is 23.9. The number of carbonyl (C=O) groups is 1. The fraction of sp³-hybridized carbons (Fsp3) is 0.400. The van der Waals surface area contributed by atoms with Crippen LogP contribution in [0.3, 0.4) is 0 Å².